The molecule has 114 valence electrons. The first-order chi connectivity index (χ1) is 9.26. The van der Waals surface area contributed by atoms with Crippen molar-refractivity contribution in [3.63, 3.8) is 0 Å². The number of hydrogen-bond acceptors (Lipinski definition) is 7. The first-order valence-corrected chi connectivity index (χ1v) is 8.16. The molecule has 0 aliphatic heterocycles. The number of nitrogens with one attached hydrogen (secondary N) is 1. The summed E-state index contributed by atoms with van der Waals surface area (Å²) in [4.78, 5) is 7.74. The molecule has 0 amide bonds. The van der Waals surface area contributed by atoms with E-state index in [4.69, 9.17) is 4.74 Å². The minimum Gasteiger partial charge on any atom is -0.481 e. The molecule has 1 unspecified atom stereocenters. The number of nitrogens with zero attached hydrogens (tertiary/aromatic N) is 2. The standard InChI is InChI=1S/C12H21N3O4S/c1-8(2)5-9(7-16)13-10-6-11(19-3)15-12(14-10)20(4,17)18/h6,8-9,16H,5,7H2,1-4H3,(H,13,14,15). The van der Waals surface area contributed by atoms with Gasteiger partial charge in [-0.2, -0.15) is 4.98 Å². The summed E-state index contributed by atoms with van der Waals surface area (Å²) in [6.07, 6.45) is 1.76. The molecule has 1 atom stereocenters. The first kappa shape index (κ1) is 16.6. The SMILES string of the molecule is COc1cc(NC(CO)CC(C)C)nc(S(C)(=O)=O)n1. The molecule has 0 spiro atoms. The number of rotatable bonds is 7. The van der Waals surface area contributed by atoms with Gasteiger partial charge in [0.15, 0.2) is 0 Å². The molecule has 20 heavy (non-hydrogen) atoms. The van der Waals surface area contributed by atoms with Gasteiger partial charge in [-0.25, -0.2) is 13.4 Å². The monoisotopic (exact) mass is 303 g/mol. The van der Waals surface area contributed by atoms with E-state index in [1.165, 1.54) is 13.2 Å². The van der Waals surface area contributed by atoms with Crippen molar-refractivity contribution in [2.75, 3.05) is 25.3 Å². The highest BCUT2D eigenvalue weighted by Crippen LogP contribution is 2.18. The zero-order valence-electron chi connectivity index (χ0n) is 12.1. The minimum atomic E-state index is -3.53. The highest BCUT2D eigenvalue weighted by Gasteiger charge is 2.17. The maximum absolute atomic E-state index is 11.5. The van der Waals surface area contributed by atoms with Crippen molar-refractivity contribution < 1.29 is 18.3 Å². The highest BCUT2D eigenvalue weighted by atomic mass is 32.2. The van der Waals surface area contributed by atoms with Gasteiger partial charge in [0.05, 0.1) is 19.8 Å². The lowest BCUT2D eigenvalue weighted by Gasteiger charge is -2.19. The molecule has 1 rings (SSSR count). The van der Waals surface area contributed by atoms with Crippen molar-refractivity contribution in [2.24, 2.45) is 5.92 Å². The molecule has 0 saturated heterocycles. The van der Waals surface area contributed by atoms with Crippen molar-refractivity contribution >= 4 is 15.7 Å². The molecule has 0 bridgehead atoms. The molecule has 7 nitrogen and oxygen atoms in total. The normalized spacial score (nSPS) is 13.3. The third-order valence-electron chi connectivity index (χ3n) is 2.55. The van der Waals surface area contributed by atoms with Gasteiger partial charge in [0.2, 0.25) is 15.7 Å². The molecule has 0 saturated carbocycles. The largest absolute Gasteiger partial charge is 0.481 e. The number of ether oxygens (including phenoxy) is 1. The van der Waals surface area contributed by atoms with Crippen LogP contribution in [-0.4, -0.2) is 49.5 Å². The van der Waals surface area contributed by atoms with E-state index in [2.05, 4.69) is 15.3 Å². The van der Waals surface area contributed by atoms with Gasteiger partial charge in [0, 0.05) is 12.3 Å². The fourth-order valence-electron chi connectivity index (χ4n) is 1.71. The summed E-state index contributed by atoms with van der Waals surface area (Å²) in [5.41, 5.74) is 0. The minimum absolute atomic E-state index is 0.0707. The predicted octanol–water partition coefficient (Wildman–Crippen LogP) is 0.708. The van der Waals surface area contributed by atoms with E-state index in [1.807, 2.05) is 13.8 Å². The second kappa shape index (κ2) is 6.85. The average molecular weight is 303 g/mol. The number of aromatic nitrogens is 2. The van der Waals surface area contributed by atoms with Gasteiger partial charge in [-0.05, 0) is 12.3 Å². The van der Waals surface area contributed by atoms with Crippen LogP contribution >= 0.6 is 0 Å². The van der Waals surface area contributed by atoms with Crippen LogP contribution in [0.5, 0.6) is 5.88 Å². The maximum atomic E-state index is 11.5. The summed E-state index contributed by atoms with van der Waals surface area (Å²) in [6.45, 7) is 4.00. The lowest BCUT2D eigenvalue weighted by Crippen LogP contribution is -2.26. The zero-order valence-corrected chi connectivity index (χ0v) is 12.9. The fraction of sp³-hybridized carbons (Fsp3) is 0.667. The lowest BCUT2D eigenvalue weighted by atomic mass is 10.0. The molecule has 1 heterocycles. The van der Waals surface area contributed by atoms with Gasteiger partial charge >= 0.3 is 0 Å². The van der Waals surface area contributed by atoms with Crippen molar-refractivity contribution in [3.8, 4) is 5.88 Å². The summed E-state index contributed by atoms with van der Waals surface area (Å²) in [7, 11) is -2.13. The number of aliphatic hydroxyl groups is 1. The predicted molar refractivity (Wildman–Crippen MR) is 75.6 cm³/mol. The Morgan fingerprint density at radius 3 is 2.50 bits per heavy atom. The van der Waals surface area contributed by atoms with Gasteiger partial charge in [-0.3, -0.25) is 0 Å². The molecule has 1 aromatic rings. The van der Waals surface area contributed by atoms with Gasteiger partial charge < -0.3 is 15.2 Å². The van der Waals surface area contributed by atoms with E-state index in [0.717, 1.165) is 12.7 Å². The molecular formula is C12H21N3O4S. The molecule has 0 radical (unpaired) electrons. The maximum Gasteiger partial charge on any atom is 0.252 e. The van der Waals surface area contributed by atoms with Crippen LogP contribution in [-0.2, 0) is 9.84 Å². The molecule has 0 aliphatic rings. The Hall–Kier alpha value is -1.41. The van der Waals surface area contributed by atoms with E-state index in [-0.39, 0.29) is 23.7 Å². The van der Waals surface area contributed by atoms with Crippen molar-refractivity contribution in [1.29, 1.82) is 0 Å². The van der Waals surface area contributed by atoms with Gasteiger partial charge in [0.25, 0.3) is 5.16 Å². The number of hydrogen-bond donors (Lipinski definition) is 2. The Labute approximate surface area is 119 Å². The Morgan fingerprint density at radius 1 is 1.40 bits per heavy atom. The summed E-state index contributed by atoms with van der Waals surface area (Å²) in [5, 5.41) is 12.0. The summed E-state index contributed by atoms with van der Waals surface area (Å²) in [6, 6.07) is 1.29. The number of methoxy groups -OCH3 is 1. The van der Waals surface area contributed by atoms with Crippen LogP contribution < -0.4 is 10.1 Å². The van der Waals surface area contributed by atoms with E-state index in [1.54, 1.807) is 0 Å². The second-order valence-electron chi connectivity index (χ2n) is 5.00. The van der Waals surface area contributed by atoms with E-state index in [0.29, 0.717) is 11.7 Å². The van der Waals surface area contributed by atoms with Crippen molar-refractivity contribution in [3.05, 3.63) is 6.07 Å². The quantitative estimate of drug-likeness (QED) is 0.715. The molecular weight excluding hydrogens is 282 g/mol. The smallest absolute Gasteiger partial charge is 0.252 e. The summed E-state index contributed by atoms with van der Waals surface area (Å²) < 4.78 is 28.0. The van der Waals surface area contributed by atoms with Crippen LogP contribution in [0.15, 0.2) is 11.2 Å². The molecule has 8 heteroatoms. The second-order valence-corrected chi connectivity index (χ2v) is 6.91. The van der Waals surface area contributed by atoms with E-state index in [9.17, 15) is 13.5 Å². The Balaban J connectivity index is 3.05. The van der Waals surface area contributed by atoms with E-state index >= 15 is 0 Å². The Kier molecular flexibility index (Phi) is 5.70. The zero-order chi connectivity index (χ0) is 15.3. The van der Waals surface area contributed by atoms with E-state index < -0.39 is 9.84 Å². The van der Waals surface area contributed by atoms with Crippen molar-refractivity contribution in [2.45, 2.75) is 31.5 Å². The van der Waals surface area contributed by atoms with Crippen LogP contribution in [0.4, 0.5) is 5.82 Å². The third kappa shape index (κ3) is 4.93. The highest BCUT2D eigenvalue weighted by molar-refractivity contribution is 7.90. The van der Waals surface area contributed by atoms with Crippen LogP contribution in [0.1, 0.15) is 20.3 Å². The fourth-order valence-corrected chi connectivity index (χ4v) is 2.23. The van der Waals surface area contributed by atoms with Crippen molar-refractivity contribution in [1.82, 2.24) is 9.97 Å². The van der Waals surface area contributed by atoms with Gasteiger partial charge in [-0.15, -0.1) is 0 Å². The first-order valence-electron chi connectivity index (χ1n) is 6.26. The average Bonchev–Trinajstić information content (AvgIpc) is 2.35. The topological polar surface area (TPSA) is 101 Å². The van der Waals surface area contributed by atoms with Crippen LogP contribution in [0.3, 0.4) is 0 Å². The molecule has 0 aliphatic carbocycles. The summed E-state index contributed by atoms with van der Waals surface area (Å²) in [5.74, 6) is 0.860. The third-order valence-corrected chi connectivity index (χ3v) is 3.40. The Morgan fingerprint density at radius 2 is 2.05 bits per heavy atom. The number of aliphatic hydroxyl groups excluding tert-OH is 1. The lowest BCUT2D eigenvalue weighted by molar-refractivity contribution is 0.259. The van der Waals surface area contributed by atoms with Crippen LogP contribution in [0.2, 0.25) is 0 Å². The van der Waals surface area contributed by atoms with Crippen LogP contribution in [0.25, 0.3) is 0 Å². The van der Waals surface area contributed by atoms with Crippen LogP contribution in [0, 0.1) is 5.92 Å². The molecule has 2 N–H and O–H groups in total. The summed E-state index contributed by atoms with van der Waals surface area (Å²) >= 11 is 0. The number of sulfone groups is 1. The molecule has 0 fully saturated rings. The van der Waals surface area contributed by atoms with Gasteiger partial charge in [-0.1, -0.05) is 13.8 Å². The van der Waals surface area contributed by atoms with Gasteiger partial charge in [0.1, 0.15) is 5.82 Å². The molecule has 0 aromatic carbocycles. The molecule has 1 aromatic heterocycles. The Bertz CT molecular complexity index is 546. The number of anilines is 1.